The number of halogens is 1. The number of nitrogens with one attached hydrogen (secondary N) is 1. The van der Waals surface area contributed by atoms with Crippen molar-refractivity contribution in [2.45, 2.75) is 19.8 Å². The summed E-state index contributed by atoms with van der Waals surface area (Å²) in [7, 11) is 0. The number of hydrogen-bond acceptors (Lipinski definition) is 5. The zero-order valence-corrected chi connectivity index (χ0v) is 12.0. The molecule has 2 aromatic rings. The number of anilines is 3. The van der Waals surface area contributed by atoms with E-state index in [4.69, 9.17) is 0 Å². The molecule has 0 unspecified atom stereocenters. The molecule has 2 heterocycles. The first-order valence-corrected chi connectivity index (χ1v) is 7.18. The van der Waals surface area contributed by atoms with Gasteiger partial charge in [-0.25, -0.2) is 4.39 Å². The number of nitrogens with zero attached hydrogens (tertiary/aromatic N) is 4. The van der Waals surface area contributed by atoms with Crippen LogP contribution in [0.1, 0.15) is 19.8 Å². The van der Waals surface area contributed by atoms with Crippen LogP contribution in [0.2, 0.25) is 0 Å². The van der Waals surface area contributed by atoms with E-state index in [1.165, 1.54) is 12.1 Å². The Morgan fingerprint density at radius 3 is 2.86 bits per heavy atom. The number of hydrogen-bond donors (Lipinski definition) is 1. The highest BCUT2D eigenvalue weighted by Crippen LogP contribution is 2.21. The van der Waals surface area contributed by atoms with E-state index in [1.54, 1.807) is 18.3 Å². The average molecular weight is 287 g/mol. The Morgan fingerprint density at radius 2 is 2.10 bits per heavy atom. The van der Waals surface area contributed by atoms with Crippen molar-refractivity contribution in [3.8, 4) is 0 Å². The summed E-state index contributed by atoms with van der Waals surface area (Å²) in [5, 5.41) is 11.1. The fraction of sp³-hybridized carbons (Fsp3) is 0.400. The zero-order valence-electron chi connectivity index (χ0n) is 12.0. The van der Waals surface area contributed by atoms with Crippen LogP contribution in [0.4, 0.5) is 21.8 Å². The number of piperidine rings is 1. The monoisotopic (exact) mass is 287 g/mol. The second-order valence-electron chi connectivity index (χ2n) is 5.45. The molecule has 1 saturated heterocycles. The van der Waals surface area contributed by atoms with Gasteiger partial charge in [0.25, 0.3) is 0 Å². The molecule has 0 saturated carbocycles. The van der Waals surface area contributed by atoms with E-state index in [0.717, 1.165) is 31.8 Å². The minimum atomic E-state index is -0.285. The molecule has 0 amide bonds. The lowest BCUT2D eigenvalue weighted by molar-refractivity contribution is 0.433. The van der Waals surface area contributed by atoms with Crippen LogP contribution >= 0.6 is 0 Å². The van der Waals surface area contributed by atoms with Crippen molar-refractivity contribution < 1.29 is 4.39 Å². The molecule has 1 aliphatic rings. The van der Waals surface area contributed by atoms with Gasteiger partial charge in [-0.1, -0.05) is 13.0 Å². The maximum Gasteiger partial charge on any atom is 0.247 e. The molecule has 110 valence electrons. The summed E-state index contributed by atoms with van der Waals surface area (Å²) in [6, 6.07) is 6.26. The Kier molecular flexibility index (Phi) is 3.94. The van der Waals surface area contributed by atoms with Crippen molar-refractivity contribution in [2.24, 2.45) is 5.92 Å². The lowest BCUT2D eigenvalue weighted by Gasteiger charge is -2.29. The molecule has 0 spiro atoms. The van der Waals surface area contributed by atoms with Crippen LogP contribution in [0.25, 0.3) is 0 Å². The molecule has 1 N–H and O–H groups in total. The second-order valence-corrected chi connectivity index (χ2v) is 5.45. The molecule has 0 bridgehead atoms. The van der Waals surface area contributed by atoms with E-state index >= 15 is 0 Å². The van der Waals surface area contributed by atoms with E-state index in [-0.39, 0.29) is 5.82 Å². The first kappa shape index (κ1) is 13.7. The standard InChI is InChI=1S/C15H18FN5/c1-11-5-7-21(8-6-11)15-19-14(10-17-20-15)18-13-4-2-3-12(16)9-13/h2-4,9-11H,5-8H2,1H3,(H,18,19,20). The van der Waals surface area contributed by atoms with Crippen LogP contribution in [0.15, 0.2) is 30.5 Å². The van der Waals surface area contributed by atoms with Crippen LogP contribution in [-0.2, 0) is 0 Å². The molecule has 1 aliphatic heterocycles. The third-order valence-corrected chi connectivity index (χ3v) is 3.71. The predicted molar refractivity (Wildman–Crippen MR) is 80.1 cm³/mol. The summed E-state index contributed by atoms with van der Waals surface area (Å²) in [5.74, 6) is 1.67. The molecule has 21 heavy (non-hydrogen) atoms. The Bertz CT molecular complexity index is 611. The topological polar surface area (TPSA) is 53.9 Å². The van der Waals surface area contributed by atoms with Crippen LogP contribution < -0.4 is 10.2 Å². The fourth-order valence-corrected chi connectivity index (χ4v) is 2.41. The van der Waals surface area contributed by atoms with Crippen LogP contribution in [-0.4, -0.2) is 28.3 Å². The van der Waals surface area contributed by atoms with Crippen molar-refractivity contribution in [3.63, 3.8) is 0 Å². The SMILES string of the molecule is CC1CCN(c2nncc(Nc3cccc(F)c3)n2)CC1. The molecule has 5 nitrogen and oxygen atoms in total. The van der Waals surface area contributed by atoms with Crippen molar-refractivity contribution in [2.75, 3.05) is 23.3 Å². The lowest BCUT2D eigenvalue weighted by Crippen LogP contribution is -2.34. The molecule has 3 rings (SSSR count). The van der Waals surface area contributed by atoms with Crippen molar-refractivity contribution in [1.82, 2.24) is 15.2 Å². The first-order chi connectivity index (χ1) is 10.2. The normalized spacial score (nSPS) is 16.0. The number of benzene rings is 1. The molecule has 0 atom stereocenters. The van der Waals surface area contributed by atoms with Gasteiger partial charge in [-0.15, -0.1) is 5.10 Å². The second kappa shape index (κ2) is 6.03. The first-order valence-electron chi connectivity index (χ1n) is 7.18. The number of aromatic nitrogens is 3. The van der Waals surface area contributed by atoms with Gasteiger partial charge in [-0.05, 0) is 37.0 Å². The Labute approximate surface area is 123 Å². The lowest BCUT2D eigenvalue weighted by atomic mass is 10.00. The summed E-state index contributed by atoms with van der Waals surface area (Å²) in [5.41, 5.74) is 0.647. The summed E-state index contributed by atoms with van der Waals surface area (Å²) in [6.07, 6.45) is 3.83. The maximum absolute atomic E-state index is 13.2. The van der Waals surface area contributed by atoms with E-state index in [2.05, 4.69) is 32.3 Å². The minimum absolute atomic E-state index is 0.285. The minimum Gasteiger partial charge on any atom is -0.339 e. The largest absolute Gasteiger partial charge is 0.339 e. The van der Waals surface area contributed by atoms with Gasteiger partial charge in [0.1, 0.15) is 5.82 Å². The van der Waals surface area contributed by atoms with Gasteiger partial charge in [0.05, 0.1) is 6.20 Å². The average Bonchev–Trinajstić information content (AvgIpc) is 2.48. The Hall–Kier alpha value is -2.24. The van der Waals surface area contributed by atoms with E-state index in [9.17, 15) is 4.39 Å². The smallest absolute Gasteiger partial charge is 0.247 e. The van der Waals surface area contributed by atoms with Crippen molar-refractivity contribution >= 4 is 17.5 Å². The highest BCUT2D eigenvalue weighted by molar-refractivity contribution is 5.56. The van der Waals surface area contributed by atoms with Gasteiger partial charge < -0.3 is 10.2 Å². The molecule has 1 fully saturated rings. The van der Waals surface area contributed by atoms with Crippen LogP contribution in [0.3, 0.4) is 0 Å². The van der Waals surface area contributed by atoms with Gasteiger partial charge in [0, 0.05) is 18.8 Å². The maximum atomic E-state index is 13.2. The Morgan fingerprint density at radius 1 is 1.29 bits per heavy atom. The van der Waals surface area contributed by atoms with Gasteiger partial charge in [-0.3, -0.25) is 0 Å². The predicted octanol–water partition coefficient (Wildman–Crippen LogP) is 2.99. The summed E-state index contributed by atoms with van der Waals surface area (Å²) in [6.45, 7) is 4.16. The highest BCUT2D eigenvalue weighted by Gasteiger charge is 2.18. The fourth-order valence-electron chi connectivity index (χ4n) is 2.41. The van der Waals surface area contributed by atoms with Gasteiger partial charge in [-0.2, -0.15) is 10.1 Å². The molecule has 6 heteroatoms. The van der Waals surface area contributed by atoms with Gasteiger partial charge in [0.2, 0.25) is 5.95 Å². The van der Waals surface area contributed by atoms with Crippen molar-refractivity contribution in [1.29, 1.82) is 0 Å². The van der Waals surface area contributed by atoms with Gasteiger partial charge >= 0.3 is 0 Å². The molecule has 1 aromatic heterocycles. The van der Waals surface area contributed by atoms with Crippen LogP contribution in [0.5, 0.6) is 0 Å². The third-order valence-electron chi connectivity index (χ3n) is 3.71. The molecule has 0 radical (unpaired) electrons. The van der Waals surface area contributed by atoms with E-state index < -0.39 is 0 Å². The summed E-state index contributed by atoms with van der Waals surface area (Å²) in [4.78, 5) is 6.61. The van der Waals surface area contributed by atoms with Gasteiger partial charge in [0.15, 0.2) is 5.82 Å². The van der Waals surface area contributed by atoms with E-state index in [0.29, 0.717) is 17.5 Å². The summed E-state index contributed by atoms with van der Waals surface area (Å²) >= 11 is 0. The highest BCUT2D eigenvalue weighted by atomic mass is 19.1. The quantitative estimate of drug-likeness (QED) is 0.940. The molecule has 0 aliphatic carbocycles. The number of rotatable bonds is 3. The molecular formula is C15H18FN5. The van der Waals surface area contributed by atoms with E-state index in [1.807, 2.05) is 0 Å². The Balaban J connectivity index is 1.74. The molecule has 1 aromatic carbocycles. The zero-order chi connectivity index (χ0) is 14.7. The van der Waals surface area contributed by atoms with Crippen molar-refractivity contribution in [3.05, 3.63) is 36.3 Å². The molecular weight excluding hydrogens is 269 g/mol. The third kappa shape index (κ3) is 3.45. The van der Waals surface area contributed by atoms with Crippen LogP contribution in [0, 0.1) is 11.7 Å². The summed E-state index contributed by atoms with van der Waals surface area (Å²) < 4.78 is 13.2.